The molecule has 0 saturated heterocycles. The van der Waals surface area contributed by atoms with Crippen molar-refractivity contribution in [1.82, 2.24) is 9.78 Å². The minimum atomic E-state index is -2.23. The van der Waals surface area contributed by atoms with Crippen LogP contribution in [-0.4, -0.2) is 15.7 Å². The van der Waals surface area contributed by atoms with E-state index >= 15 is 0 Å². The van der Waals surface area contributed by atoms with Crippen LogP contribution in [0.5, 0.6) is 0 Å². The largest absolute Gasteiger partial charge is 0.305 e. The van der Waals surface area contributed by atoms with Crippen LogP contribution in [0.3, 0.4) is 0 Å². The van der Waals surface area contributed by atoms with Gasteiger partial charge in [0, 0.05) is 17.8 Å². The second-order valence-electron chi connectivity index (χ2n) is 7.24. The van der Waals surface area contributed by atoms with Crippen molar-refractivity contribution >= 4 is 23.4 Å². The summed E-state index contributed by atoms with van der Waals surface area (Å²) in [6, 6.07) is 19.4. The van der Waals surface area contributed by atoms with Crippen LogP contribution in [0, 0.1) is 29.1 Å². The van der Waals surface area contributed by atoms with E-state index in [9.17, 15) is 26.7 Å². The number of anilines is 1. The minimum Gasteiger partial charge on any atom is -0.305 e. The number of rotatable bonds is 6. The fourth-order valence-electron chi connectivity index (χ4n) is 3.26. The Morgan fingerprint density at radius 1 is 0.794 bits per heavy atom. The number of hydrogen-bond donors (Lipinski definition) is 1. The van der Waals surface area contributed by atoms with Crippen molar-refractivity contribution in [2.45, 2.75) is 6.54 Å². The smallest absolute Gasteiger partial charge is 0.257 e. The Bertz CT molecular complexity index is 1340. The van der Waals surface area contributed by atoms with E-state index in [0.29, 0.717) is 11.1 Å². The van der Waals surface area contributed by atoms with Gasteiger partial charge in [-0.1, -0.05) is 60.7 Å². The molecule has 172 valence electrons. The lowest BCUT2D eigenvalue weighted by Gasteiger charge is -2.09. The molecule has 0 aliphatic heterocycles. The average Bonchev–Trinajstić information content (AvgIpc) is 3.30. The van der Waals surface area contributed by atoms with Crippen molar-refractivity contribution in [2.75, 3.05) is 5.32 Å². The first-order valence-electron chi connectivity index (χ1n) is 10.0. The van der Waals surface area contributed by atoms with E-state index in [1.165, 1.54) is 12.3 Å². The van der Waals surface area contributed by atoms with Gasteiger partial charge in [0.15, 0.2) is 29.1 Å². The first-order valence-corrected chi connectivity index (χ1v) is 10.0. The molecule has 0 bridgehead atoms. The minimum absolute atomic E-state index is 0.0313. The van der Waals surface area contributed by atoms with Gasteiger partial charge < -0.3 is 5.32 Å². The Balaban J connectivity index is 1.59. The van der Waals surface area contributed by atoms with Crippen LogP contribution < -0.4 is 5.32 Å². The third kappa shape index (κ3) is 4.73. The van der Waals surface area contributed by atoms with Crippen molar-refractivity contribution in [1.29, 1.82) is 0 Å². The number of carbonyl (C=O) groups excluding carboxylic acids is 1. The second kappa shape index (κ2) is 9.70. The van der Waals surface area contributed by atoms with Crippen LogP contribution >= 0.6 is 0 Å². The summed E-state index contributed by atoms with van der Waals surface area (Å²) < 4.78 is 69.1. The third-order valence-corrected chi connectivity index (χ3v) is 4.94. The highest BCUT2D eigenvalue weighted by molar-refractivity contribution is 6.29. The third-order valence-electron chi connectivity index (χ3n) is 4.94. The van der Waals surface area contributed by atoms with Gasteiger partial charge in [0.25, 0.3) is 5.91 Å². The number of halogens is 5. The van der Waals surface area contributed by atoms with Gasteiger partial charge in [-0.3, -0.25) is 9.48 Å². The molecule has 0 fully saturated rings. The molecule has 1 N–H and O–H groups in total. The van der Waals surface area contributed by atoms with Gasteiger partial charge in [-0.25, -0.2) is 22.0 Å². The zero-order chi connectivity index (χ0) is 24.2. The van der Waals surface area contributed by atoms with Crippen molar-refractivity contribution in [2.24, 2.45) is 0 Å². The van der Waals surface area contributed by atoms with Crippen molar-refractivity contribution < 1.29 is 26.7 Å². The molecule has 1 heterocycles. The van der Waals surface area contributed by atoms with Gasteiger partial charge in [0.05, 0.1) is 12.1 Å². The highest BCUT2D eigenvalue weighted by Gasteiger charge is 2.26. The molecular formula is C25H16F5N3O. The van der Waals surface area contributed by atoms with E-state index in [1.807, 2.05) is 36.4 Å². The molecule has 1 aromatic heterocycles. The highest BCUT2D eigenvalue weighted by Crippen LogP contribution is 2.24. The van der Waals surface area contributed by atoms with E-state index in [-0.39, 0.29) is 5.82 Å². The van der Waals surface area contributed by atoms with Crippen LogP contribution in [0.25, 0.3) is 11.6 Å². The van der Waals surface area contributed by atoms with E-state index in [4.69, 9.17) is 0 Å². The predicted octanol–water partition coefficient (Wildman–Crippen LogP) is 5.81. The first-order chi connectivity index (χ1) is 16.3. The Labute approximate surface area is 191 Å². The molecule has 0 saturated carbocycles. The maximum absolute atomic E-state index is 14.0. The zero-order valence-electron chi connectivity index (χ0n) is 17.4. The molecule has 0 radical (unpaired) electrons. The van der Waals surface area contributed by atoms with Crippen molar-refractivity contribution in [3.05, 3.63) is 119 Å². The maximum atomic E-state index is 14.0. The number of carbonyl (C=O) groups is 1. The summed E-state index contributed by atoms with van der Waals surface area (Å²) in [5.74, 6) is -10.6. The topological polar surface area (TPSA) is 46.9 Å². The molecule has 9 heteroatoms. The Kier molecular flexibility index (Phi) is 6.53. The fraction of sp³-hybridized carbons (Fsp3) is 0.0400. The van der Waals surface area contributed by atoms with Crippen LogP contribution in [-0.2, 0) is 11.3 Å². The van der Waals surface area contributed by atoms with E-state index < -0.39 is 47.1 Å². The predicted molar refractivity (Wildman–Crippen MR) is 117 cm³/mol. The summed E-state index contributed by atoms with van der Waals surface area (Å²) in [6.45, 7) is -0.729. The quantitative estimate of drug-likeness (QED) is 0.127. The summed E-state index contributed by atoms with van der Waals surface area (Å²) in [7, 11) is 0. The maximum Gasteiger partial charge on any atom is 0.257 e. The highest BCUT2D eigenvalue weighted by atomic mass is 19.2. The molecule has 3 aromatic carbocycles. The molecule has 0 unspecified atom stereocenters. The summed E-state index contributed by atoms with van der Waals surface area (Å²) >= 11 is 0. The summed E-state index contributed by atoms with van der Waals surface area (Å²) in [5.41, 5.74) is 0.727. The monoisotopic (exact) mass is 469 g/mol. The van der Waals surface area contributed by atoms with Gasteiger partial charge in [0.1, 0.15) is 0 Å². The molecular weight excluding hydrogens is 453 g/mol. The van der Waals surface area contributed by atoms with E-state index in [1.54, 1.807) is 30.3 Å². The molecule has 0 atom stereocenters. The normalized spacial score (nSPS) is 11.5. The Morgan fingerprint density at radius 3 is 1.97 bits per heavy atom. The average molecular weight is 469 g/mol. The molecule has 4 aromatic rings. The van der Waals surface area contributed by atoms with Gasteiger partial charge in [-0.15, -0.1) is 0 Å². The number of amides is 1. The number of nitrogens with one attached hydrogen (secondary N) is 1. The lowest BCUT2D eigenvalue weighted by atomic mass is 10.0. The standard InChI is InChI=1S/C25H16F5N3O/c26-20-18(21(27)23(29)24(30)22(20)28)14-33-12-11-19(32-33)31-25(34)17(16-9-5-2-6-10-16)13-15-7-3-1-4-8-15/h1-13H,14H2,(H,31,32,34)/b17-13-. The van der Waals surface area contributed by atoms with Crippen LogP contribution in [0.1, 0.15) is 16.7 Å². The summed E-state index contributed by atoms with van der Waals surface area (Å²) in [5, 5.41) is 6.57. The Morgan fingerprint density at radius 2 is 1.35 bits per heavy atom. The Hall–Kier alpha value is -4.27. The summed E-state index contributed by atoms with van der Waals surface area (Å²) in [6.07, 6.45) is 2.94. The number of aromatic nitrogens is 2. The van der Waals surface area contributed by atoms with Gasteiger partial charge in [-0.2, -0.15) is 5.10 Å². The lowest BCUT2D eigenvalue weighted by Crippen LogP contribution is -2.15. The SMILES string of the molecule is O=C(Nc1ccn(Cc2c(F)c(F)c(F)c(F)c2F)n1)/C(=C\c1ccccc1)c1ccccc1. The van der Waals surface area contributed by atoms with Crippen LogP contribution in [0.15, 0.2) is 72.9 Å². The van der Waals surface area contributed by atoms with Gasteiger partial charge in [-0.05, 0) is 17.2 Å². The summed E-state index contributed by atoms with van der Waals surface area (Å²) in [4.78, 5) is 13.0. The van der Waals surface area contributed by atoms with Crippen LogP contribution in [0.4, 0.5) is 27.8 Å². The van der Waals surface area contributed by atoms with Crippen molar-refractivity contribution in [3.8, 4) is 0 Å². The molecule has 4 rings (SSSR count). The zero-order valence-corrected chi connectivity index (χ0v) is 17.4. The van der Waals surface area contributed by atoms with Gasteiger partial charge in [0.2, 0.25) is 5.82 Å². The fourth-order valence-corrected chi connectivity index (χ4v) is 3.26. The molecule has 0 aliphatic rings. The van der Waals surface area contributed by atoms with E-state index in [2.05, 4.69) is 10.4 Å². The van der Waals surface area contributed by atoms with Crippen molar-refractivity contribution in [3.63, 3.8) is 0 Å². The van der Waals surface area contributed by atoms with E-state index in [0.717, 1.165) is 10.2 Å². The molecule has 4 nitrogen and oxygen atoms in total. The number of hydrogen-bond acceptors (Lipinski definition) is 2. The van der Waals surface area contributed by atoms with Crippen LogP contribution in [0.2, 0.25) is 0 Å². The number of nitrogens with zero attached hydrogens (tertiary/aromatic N) is 2. The molecule has 34 heavy (non-hydrogen) atoms. The lowest BCUT2D eigenvalue weighted by molar-refractivity contribution is -0.111. The number of benzene rings is 3. The second-order valence-corrected chi connectivity index (χ2v) is 7.24. The molecule has 0 aliphatic carbocycles. The molecule has 0 spiro atoms. The molecule has 1 amide bonds. The first kappa shape index (κ1) is 22.9. The van der Waals surface area contributed by atoms with Gasteiger partial charge >= 0.3 is 0 Å².